The predicted octanol–water partition coefficient (Wildman–Crippen LogP) is 1.88. The third kappa shape index (κ3) is 3.35. The maximum atomic E-state index is 12.5. The lowest BCUT2D eigenvalue weighted by Gasteiger charge is -2.44. The molecule has 0 radical (unpaired) electrons. The van der Waals surface area contributed by atoms with Crippen molar-refractivity contribution in [3.05, 3.63) is 36.4 Å². The second-order valence-electron chi connectivity index (χ2n) is 7.46. The average Bonchev–Trinajstić information content (AvgIpc) is 3.24. The van der Waals surface area contributed by atoms with Crippen LogP contribution < -0.4 is 4.74 Å². The molecule has 2 aliphatic heterocycles. The molecule has 0 bridgehead atoms. The number of rotatable bonds is 4. The number of fused-ring (bicyclic) bond motifs is 1. The first-order chi connectivity index (χ1) is 12.5. The first-order valence-electron chi connectivity index (χ1n) is 9.34. The van der Waals surface area contributed by atoms with Crippen molar-refractivity contribution in [3.8, 4) is 5.75 Å². The Morgan fingerprint density at radius 3 is 2.81 bits per heavy atom. The molecule has 2 aromatic rings. The Labute approximate surface area is 153 Å². The Kier molecular flexibility index (Phi) is 4.48. The van der Waals surface area contributed by atoms with Crippen LogP contribution in [0.15, 0.2) is 30.7 Å². The molecule has 0 saturated carbocycles. The molecule has 1 amide bonds. The number of ether oxygens (including phenoxy) is 1. The van der Waals surface area contributed by atoms with Crippen LogP contribution in [0.25, 0.3) is 0 Å². The van der Waals surface area contributed by atoms with Crippen LogP contribution in [0, 0.1) is 0 Å². The lowest BCUT2D eigenvalue weighted by Crippen LogP contribution is -2.51. The van der Waals surface area contributed by atoms with Crippen LogP contribution in [0.4, 0.5) is 0 Å². The van der Waals surface area contributed by atoms with Crippen LogP contribution in [-0.2, 0) is 18.4 Å². The van der Waals surface area contributed by atoms with Gasteiger partial charge in [-0.15, -0.1) is 0 Å². The summed E-state index contributed by atoms with van der Waals surface area (Å²) < 4.78 is 10.0. The minimum Gasteiger partial charge on any atom is -0.483 e. The summed E-state index contributed by atoms with van der Waals surface area (Å²) in [6.07, 6.45) is 8.74. The maximum Gasteiger partial charge on any atom is 0.222 e. The number of nitrogens with zero attached hydrogens (tertiary/aromatic N) is 4. The van der Waals surface area contributed by atoms with E-state index in [0.29, 0.717) is 37.4 Å². The van der Waals surface area contributed by atoms with Crippen molar-refractivity contribution in [1.29, 1.82) is 0 Å². The number of carbonyl (C=O) groups is 1. The highest BCUT2D eigenvalue weighted by molar-refractivity contribution is 5.76. The third-order valence-corrected chi connectivity index (χ3v) is 5.53. The second-order valence-corrected chi connectivity index (χ2v) is 7.46. The summed E-state index contributed by atoms with van der Waals surface area (Å²) in [7, 11) is 1.83. The van der Waals surface area contributed by atoms with Crippen LogP contribution >= 0.6 is 0 Å². The standard InChI is InChI=1S/C19H26N4O3/c1-21-14-16-18(20-21)15(24)13-19(26-16)6-11-23(12-7-19)17(25)5-4-10-22-8-2-3-9-22/h2-3,8-9,14-15,24H,4-7,10-13H2,1H3. The molecule has 1 atom stereocenters. The molecular weight excluding hydrogens is 332 g/mol. The highest BCUT2D eigenvalue weighted by atomic mass is 16.5. The summed E-state index contributed by atoms with van der Waals surface area (Å²) in [4.78, 5) is 14.4. The molecule has 0 aliphatic carbocycles. The summed E-state index contributed by atoms with van der Waals surface area (Å²) in [6, 6.07) is 4.00. The molecule has 26 heavy (non-hydrogen) atoms. The summed E-state index contributed by atoms with van der Waals surface area (Å²) >= 11 is 0. The zero-order valence-electron chi connectivity index (χ0n) is 15.2. The van der Waals surface area contributed by atoms with Gasteiger partial charge in [0.05, 0.1) is 6.20 Å². The van der Waals surface area contributed by atoms with Crippen molar-refractivity contribution in [3.63, 3.8) is 0 Å². The van der Waals surface area contributed by atoms with Crippen LogP contribution in [0.2, 0.25) is 0 Å². The number of aliphatic hydroxyl groups excluding tert-OH is 1. The summed E-state index contributed by atoms with van der Waals surface area (Å²) in [6.45, 7) is 2.24. The van der Waals surface area contributed by atoms with E-state index in [-0.39, 0.29) is 11.5 Å². The molecule has 4 rings (SSSR count). The summed E-state index contributed by atoms with van der Waals surface area (Å²) in [5, 5.41) is 14.7. The van der Waals surface area contributed by atoms with E-state index < -0.39 is 6.10 Å². The summed E-state index contributed by atoms with van der Waals surface area (Å²) in [5.74, 6) is 0.892. The van der Waals surface area contributed by atoms with Gasteiger partial charge in [-0.1, -0.05) is 0 Å². The minimum atomic E-state index is -0.594. The number of amides is 1. The lowest BCUT2D eigenvalue weighted by molar-refractivity contribution is -0.136. The lowest BCUT2D eigenvalue weighted by atomic mass is 9.83. The minimum absolute atomic E-state index is 0.213. The van der Waals surface area contributed by atoms with Gasteiger partial charge in [0.1, 0.15) is 17.4 Å². The van der Waals surface area contributed by atoms with Gasteiger partial charge < -0.3 is 19.3 Å². The third-order valence-electron chi connectivity index (χ3n) is 5.53. The molecule has 4 heterocycles. The van der Waals surface area contributed by atoms with Gasteiger partial charge in [-0.25, -0.2) is 0 Å². The number of hydrogen-bond donors (Lipinski definition) is 1. The van der Waals surface area contributed by atoms with Crippen molar-refractivity contribution >= 4 is 5.91 Å². The van der Waals surface area contributed by atoms with Gasteiger partial charge in [-0.2, -0.15) is 5.10 Å². The molecule has 1 N–H and O–H groups in total. The van der Waals surface area contributed by atoms with Crippen LogP contribution in [0.3, 0.4) is 0 Å². The van der Waals surface area contributed by atoms with E-state index in [1.54, 1.807) is 4.68 Å². The molecule has 1 spiro atoms. The first kappa shape index (κ1) is 17.1. The quantitative estimate of drug-likeness (QED) is 0.906. The van der Waals surface area contributed by atoms with Crippen molar-refractivity contribution in [1.82, 2.24) is 19.2 Å². The number of aromatic nitrogens is 3. The van der Waals surface area contributed by atoms with E-state index in [1.807, 2.05) is 42.7 Å². The molecule has 2 aromatic heterocycles. The number of likely N-dealkylation sites (tertiary alicyclic amines) is 1. The molecule has 1 fully saturated rings. The van der Waals surface area contributed by atoms with Gasteiger partial charge >= 0.3 is 0 Å². The summed E-state index contributed by atoms with van der Waals surface area (Å²) in [5.41, 5.74) is 0.249. The average molecular weight is 358 g/mol. The van der Waals surface area contributed by atoms with E-state index in [2.05, 4.69) is 9.67 Å². The highest BCUT2D eigenvalue weighted by Gasteiger charge is 2.44. The van der Waals surface area contributed by atoms with Crippen molar-refractivity contribution in [2.24, 2.45) is 7.05 Å². The smallest absolute Gasteiger partial charge is 0.222 e. The van der Waals surface area contributed by atoms with E-state index in [9.17, 15) is 9.90 Å². The van der Waals surface area contributed by atoms with E-state index in [4.69, 9.17) is 4.74 Å². The van der Waals surface area contributed by atoms with E-state index in [1.165, 1.54) is 0 Å². The Morgan fingerprint density at radius 2 is 2.08 bits per heavy atom. The van der Waals surface area contributed by atoms with E-state index >= 15 is 0 Å². The molecule has 0 aromatic carbocycles. The topological polar surface area (TPSA) is 72.5 Å². The number of carbonyl (C=O) groups excluding carboxylic acids is 1. The fraction of sp³-hybridized carbons (Fsp3) is 0.579. The zero-order valence-corrected chi connectivity index (χ0v) is 15.2. The van der Waals surface area contributed by atoms with E-state index in [0.717, 1.165) is 25.8 Å². The van der Waals surface area contributed by atoms with Crippen molar-refractivity contribution in [2.75, 3.05) is 13.1 Å². The molecular formula is C19H26N4O3. The molecule has 2 aliphatic rings. The fourth-order valence-corrected chi connectivity index (χ4v) is 4.08. The Bertz CT molecular complexity index is 760. The Balaban J connectivity index is 1.30. The largest absolute Gasteiger partial charge is 0.483 e. The predicted molar refractivity (Wildman–Crippen MR) is 95.6 cm³/mol. The Morgan fingerprint density at radius 1 is 1.35 bits per heavy atom. The number of hydrogen-bond acceptors (Lipinski definition) is 4. The molecule has 140 valence electrons. The first-order valence-corrected chi connectivity index (χ1v) is 9.34. The van der Waals surface area contributed by atoms with Gasteiger partial charge in [-0.3, -0.25) is 9.48 Å². The van der Waals surface area contributed by atoms with Crippen LogP contribution in [0.1, 0.15) is 43.9 Å². The molecule has 1 saturated heterocycles. The monoisotopic (exact) mass is 358 g/mol. The maximum absolute atomic E-state index is 12.5. The molecule has 7 heteroatoms. The van der Waals surface area contributed by atoms with Crippen LogP contribution in [0.5, 0.6) is 5.75 Å². The van der Waals surface area contributed by atoms with Gasteiger partial charge in [-0.05, 0) is 18.6 Å². The number of piperidine rings is 1. The van der Waals surface area contributed by atoms with Crippen LogP contribution in [-0.4, -0.2) is 49.0 Å². The van der Waals surface area contributed by atoms with Crippen molar-refractivity contribution < 1.29 is 14.6 Å². The number of aryl methyl sites for hydroxylation is 2. The van der Waals surface area contributed by atoms with Crippen molar-refractivity contribution in [2.45, 2.75) is 50.4 Å². The fourth-order valence-electron chi connectivity index (χ4n) is 4.08. The molecule has 1 unspecified atom stereocenters. The number of aliphatic hydroxyl groups is 1. The zero-order chi connectivity index (χ0) is 18.1. The van der Waals surface area contributed by atoms with Gasteiger partial charge in [0.25, 0.3) is 0 Å². The SMILES string of the molecule is Cn1cc2c(n1)C(O)CC1(CCN(C(=O)CCCn3cccc3)CC1)O2. The second kappa shape index (κ2) is 6.79. The highest BCUT2D eigenvalue weighted by Crippen LogP contribution is 2.43. The molecule has 7 nitrogen and oxygen atoms in total. The van der Waals surface area contributed by atoms with Gasteiger partial charge in [0, 0.05) is 64.8 Å². The normalized spacial score (nSPS) is 21.5. The van der Waals surface area contributed by atoms with Gasteiger partial charge in [0.15, 0.2) is 5.75 Å². The van der Waals surface area contributed by atoms with Gasteiger partial charge in [0.2, 0.25) is 5.91 Å². The Hall–Kier alpha value is -2.28.